The predicted molar refractivity (Wildman–Crippen MR) is 183 cm³/mol. The van der Waals surface area contributed by atoms with Gasteiger partial charge >= 0.3 is 0 Å². The minimum atomic E-state index is 0.934. The van der Waals surface area contributed by atoms with Crippen LogP contribution in [0.4, 0.5) is 11.4 Å². The molecule has 0 atom stereocenters. The van der Waals surface area contributed by atoms with Crippen LogP contribution in [0.25, 0.3) is 32.7 Å². The molecule has 206 valence electrons. The van der Waals surface area contributed by atoms with E-state index in [9.17, 15) is 0 Å². The molecule has 6 aromatic carbocycles. The molecule has 0 bridgehead atoms. The lowest BCUT2D eigenvalue weighted by molar-refractivity contribution is 1.30. The molecule has 0 saturated carbocycles. The van der Waals surface area contributed by atoms with Gasteiger partial charge in [-0.1, -0.05) is 96.1 Å². The average Bonchev–Trinajstić information content (AvgIpc) is 2.96. The van der Waals surface area contributed by atoms with Crippen molar-refractivity contribution in [2.45, 2.75) is 41.5 Å². The molecule has 42 heavy (non-hydrogen) atoms. The van der Waals surface area contributed by atoms with Crippen LogP contribution in [-0.4, -0.2) is 12.4 Å². The summed E-state index contributed by atoms with van der Waals surface area (Å²) in [5.41, 5.74) is 13.9. The molecule has 0 aliphatic carbocycles. The maximum atomic E-state index is 5.18. The van der Waals surface area contributed by atoms with Crippen LogP contribution >= 0.6 is 0 Å². The number of hydrogen-bond donors (Lipinski definition) is 0. The third kappa shape index (κ3) is 5.17. The Morgan fingerprint density at radius 3 is 1.17 bits per heavy atom. The van der Waals surface area contributed by atoms with Crippen LogP contribution in [0, 0.1) is 41.5 Å². The summed E-state index contributed by atoms with van der Waals surface area (Å²) in [6.07, 6.45) is 4.07. The SMILES string of the molecule is Cc1cc(C)c(C=Nc2ccc3ccccc3c2-c2c(N=Cc3c(C)cc(C)cc3C)ccc3ccccc23)c(C)c1. The summed E-state index contributed by atoms with van der Waals surface area (Å²) in [5, 5.41) is 4.70. The van der Waals surface area contributed by atoms with E-state index in [-0.39, 0.29) is 0 Å². The topological polar surface area (TPSA) is 24.7 Å². The molecule has 0 aliphatic rings. The van der Waals surface area contributed by atoms with Crippen molar-refractivity contribution in [3.05, 3.63) is 142 Å². The summed E-state index contributed by atoms with van der Waals surface area (Å²) in [4.78, 5) is 10.4. The van der Waals surface area contributed by atoms with Gasteiger partial charge in [0.15, 0.2) is 0 Å². The maximum absolute atomic E-state index is 5.18. The largest absolute Gasteiger partial charge is 0.256 e. The highest BCUT2D eigenvalue weighted by atomic mass is 14.7. The lowest BCUT2D eigenvalue weighted by Crippen LogP contribution is -1.94. The summed E-state index contributed by atoms with van der Waals surface area (Å²) in [5.74, 6) is 0. The highest BCUT2D eigenvalue weighted by Gasteiger charge is 2.17. The number of benzene rings is 6. The highest BCUT2D eigenvalue weighted by molar-refractivity contribution is 6.13. The van der Waals surface area contributed by atoms with Gasteiger partial charge in [0.05, 0.1) is 11.4 Å². The van der Waals surface area contributed by atoms with E-state index in [2.05, 4.69) is 139 Å². The number of hydrogen-bond acceptors (Lipinski definition) is 2. The Balaban J connectivity index is 1.63. The smallest absolute Gasteiger partial charge is 0.0715 e. The monoisotopic (exact) mass is 544 g/mol. The molecule has 0 N–H and O–H groups in total. The molecule has 0 fully saturated rings. The quantitative estimate of drug-likeness (QED) is 0.193. The number of aryl methyl sites for hydroxylation is 6. The van der Waals surface area contributed by atoms with Crippen LogP contribution in [0.2, 0.25) is 0 Å². The first-order valence-corrected chi connectivity index (χ1v) is 14.6. The second-order valence-electron chi connectivity index (χ2n) is 11.5. The fourth-order valence-corrected chi connectivity index (χ4v) is 6.32. The van der Waals surface area contributed by atoms with Crippen LogP contribution in [0.15, 0.2) is 107 Å². The van der Waals surface area contributed by atoms with Crippen LogP contribution < -0.4 is 0 Å². The number of nitrogens with zero attached hydrogens (tertiary/aromatic N) is 2. The zero-order valence-electron chi connectivity index (χ0n) is 25.3. The molecule has 0 spiro atoms. The Labute approximate surface area is 249 Å². The minimum absolute atomic E-state index is 0.934. The van der Waals surface area contributed by atoms with Crippen molar-refractivity contribution in [2.75, 3.05) is 0 Å². The first-order valence-electron chi connectivity index (χ1n) is 14.6. The fraction of sp³-hybridized carbons (Fsp3) is 0.150. The molecule has 0 unspecified atom stereocenters. The van der Waals surface area contributed by atoms with Gasteiger partial charge in [0.1, 0.15) is 0 Å². The Morgan fingerprint density at radius 1 is 0.429 bits per heavy atom. The number of aliphatic imine (C=N–C) groups is 2. The number of rotatable bonds is 5. The average molecular weight is 545 g/mol. The molecular weight excluding hydrogens is 508 g/mol. The van der Waals surface area contributed by atoms with Crippen molar-refractivity contribution in [3.63, 3.8) is 0 Å². The van der Waals surface area contributed by atoms with E-state index in [1.54, 1.807) is 0 Å². The van der Waals surface area contributed by atoms with Crippen molar-refractivity contribution in [1.29, 1.82) is 0 Å². The highest BCUT2D eigenvalue weighted by Crippen LogP contribution is 2.45. The van der Waals surface area contributed by atoms with E-state index in [0.717, 1.165) is 22.5 Å². The van der Waals surface area contributed by atoms with Crippen LogP contribution in [0.3, 0.4) is 0 Å². The van der Waals surface area contributed by atoms with Crippen molar-refractivity contribution in [1.82, 2.24) is 0 Å². The van der Waals surface area contributed by atoms with Crippen LogP contribution in [0.1, 0.15) is 44.5 Å². The second-order valence-corrected chi connectivity index (χ2v) is 11.5. The third-order valence-electron chi connectivity index (χ3n) is 8.21. The van der Waals surface area contributed by atoms with Gasteiger partial charge in [-0.3, -0.25) is 9.98 Å². The van der Waals surface area contributed by atoms with Crippen LogP contribution in [-0.2, 0) is 0 Å². The predicted octanol–water partition coefficient (Wildman–Crippen LogP) is 11.0. The summed E-state index contributed by atoms with van der Waals surface area (Å²) < 4.78 is 0. The molecule has 0 aromatic heterocycles. The van der Waals surface area contributed by atoms with Crippen molar-refractivity contribution >= 4 is 45.3 Å². The molecule has 2 nitrogen and oxygen atoms in total. The first kappa shape index (κ1) is 27.4. The summed E-state index contributed by atoms with van der Waals surface area (Å²) in [6, 6.07) is 34.7. The van der Waals surface area contributed by atoms with E-state index in [1.807, 2.05) is 12.4 Å². The summed E-state index contributed by atoms with van der Waals surface area (Å²) in [7, 11) is 0. The third-order valence-corrected chi connectivity index (χ3v) is 8.21. The van der Waals surface area contributed by atoms with E-state index < -0.39 is 0 Å². The molecular formula is C40H36N2. The molecule has 6 aromatic rings. The Kier molecular flexibility index (Phi) is 7.31. The van der Waals surface area contributed by atoms with E-state index in [0.29, 0.717) is 0 Å². The molecule has 0 aliphatic heterocycles. The molecule has 0 radical (unpaired) electrons. The normalized spacial score (nSPS) is 11.9. The molecule has 6 rings (SSSR count). The standard InChI is InChI=1S/C40H36N2/c1-25-19-27(3)35(28(4)20-25)23-41-37-17-15-31-11-7-9-13-33(31)39(37)40-34-14-10-8-12-32(34)16-18-38(40)42-24-36-29(5)21-26(2)22-30(36)6/h7-24H,1-6H3. The molecule has 0 heterocycles. The Bertz CT molecular complexity index is 1850. The summed E-state index contributed by atoms with van der Waals surface area (Å²) in [6.45, 7) is 12.9. The number of fused-ring (bicyclic) bond motifs is 2. The van der Waals surface area contributed by atoms with Gasteiger partial charge < -0.3 is 0 Å². The van der Waals surface area contributed by atoms with E-state index in [4.69, 9.17) is 9.98 Å². The van der Waals surface area contributed by atoms with Gasteiger partial charge in [-0.15, -0.1) is 0 Å². The Hall–Kier alpha value is -4.82. The minimum Gasteiger partial charge on any atom is -0.256 e. The first-order chi connectivity index (χ1) is 20.3. The molecule has 0 amide bonds. The van der Waals surface area contributed by atoms with Gasteiger partial charge in [-0.25, -0.2) is 0 Å². The zero-order chi connectivity index (χ0) is 29.4. The van der Waals surface area contributed by atoms with Crippen molar-refractivity contribution in [3.8, 4) is 11.1 Å². The fourth-order valence-electron chi connectivity index (χ4n) is 6.32. The Morgan fingerprint density at radius 2 is 0.786 bits per heavy atom. The molecule has 0 saturated heterocycles. The van der Waals surface area contributed by atoms with Crippen molar-refractivity contribution < 1.29 is 0 Å². The van der Waals surface area contributed by atoms with Gasteiger partial charge in [0.2, 0.25) is 0 Å². The second kappa shape index (κ2) is 11.2. The lowest BCUT2D eigenvalue weighted by atomic mass is 9.91. The van der Waals surface area contributed by atoms with Gasteiger partial charge in [-0.2, -0.15) is 0 Å². The molecule has 2 heteroatoms. The van der Waals surface area contributed by atoms with Crippen molar-refractivity contribution in [2.24, 2.45) is 9.98 Å². The van der Waals surface area contributed by atoms with E-state index >= 15 is 0 Å². The van der Waals surface area contributed by atoms with Crippen LogP contribution in [0.5, 0.6) is 0 Å². The van der Waals surface area contributed by atoms with Gasteiger partial charge in [0.25, 0.3) is 0 Å². The maximum Gasteiger partial charge on any atom is 0.0715 e. The summed E-state index contributed by atoms with van der Waals surface area (Å²) >= 11 is 0. The lowest BCUT2D eigenvalue weighted by Gasteiger charge is -2.16. The van der Waals surface area contributed by atoms with E-state index in [1.165, 1.54) is 66.1 Å². The van der Waals surface area contributed by atoms with Gasteiger partial charge in [0, 0.05) is 23.6 Å². The van der Waals surface area contributed by atoms with Gasteiger partial charge in [-0.05, 0) is 109 Å². The zero-order valence-corrected chi connectivity index (χ0v) is 25.3.